The van der Waals surface area contributed by atoms with Gasteiger partial charge < -0.3 is 14.8 Å². The molecule has 1 aliphatic carbocycles. The SMILES string of the molecule is CCOc1cccc(Oc2cc(CNC3CC3)ccn2)c1. The fraction of sp³-hybridized carbons (Fsp3) is 0.353. The van der Waals surface area contributed by atoms with Crippen LogP contribution in [0.2, 0.25) is 0 Å². The van der Waals surface area contributed by atoms with Gasteiger partial charge in [0.15, 0.2) is 0 Å². The van der Waals surface area contributed by atoms with E-state index in [9.17, 15) is 0 Å². The zero-order chi connectivity index (χ0) is 14.5. The standard InChI is InChI=1S/C17H20N2O2/c1-2-20-15-4-3-5-16(11-15)21-17-10-13(8-9-18-17)12-19-14-6-7-14/h3-5,8-11,14,19H,2,6-7,12H2,1H3. The Kier molecular flexibility index (Phi) is 4.36. The molecule has 0 atom stereocenters. The molecule has 0 amide bonds. The number of aromatic nitrogens is 1. The first-order valence-corrected chi connectivity index (χ1v) is 7.42. The van der Waals surface area contributed by atoms with Gasteiger partial charge in [-0.2, -0.15) is 0 Å². The van der Waals surface area contributed by atoms with Crippen molar-refractivity contribution in [3.63, 3.8) is 0 Å². The second kappa shape index (κ2) is 6.59. The van der Waals surface area contributed by atoms with Crippen molar-refractivity contribution in [3.05, 3.63) is 48.2 Å². The van der Waals surface area contributed by atoms with Crippen molar-refractivity contribution in [2.24, 2.45) is 0 Å². The first-order valence-electron chi connectivity index (χ1n) is 7.42. The van der Waals surface area contributed by atoms with Gasteiger partial charge in [-0.1, -0.05) is 6.07 Å². The summed E-state index contributed by atoms with van der Waals surface area (Å²) in [5.41, 5.74) is 1.19. The van der Waals surface area contributed by atoms with Gasteiger partial charge in [0.2, 0.25) is 5.88 Å². The highest BCUT2D eigenvalue weighted by molar-refractivity contribution is 5.35. The van der Waals surface area contributed by atoms with Crippen molar-refractivity contribution < 1.29 is 9.47 Å². The zero-order valence-corrected chi connectivity index (χ0v) is 12.2. The Morgan fingerprint density at radius 3 is 2.86 bits per heavy atom. The van der Waals surface area contributed by atoms with Gasteiger partial charge in [0.05, 0.1) is 6.61 Å². The maximum Gasteiger partial charge on any atom is 0.219 e. The molecule has 1 aromatic carbocycles. The summed E-state index contributed by atoms with van der Waals surface area (Å²) >= 11 is 0. The monoisotopic (exact) mass is 284 g/mol. The Morgan fingerprint density at radius 2 is 2.05 bits per heavy atom. The molecule has 110 valence electrons. The van der Waals surface area contributed by atoms with E-state index in [0.717, 1.165) is 18.0 Å². The van der Waals surface area contributed by atoms with Gasteiger partial charge in [0, 0.05) is 30.9 Å². The van der Waals surface area contributed by atoms with E-state index < -0.39 is 0 Å². The van der Waals surface area contributed by atoms with Crippen LogP contribution in [0.4, 0.5) is 0 Å². The number of benzene rings is 1. The van der Waals surface area contributed by atoms with Gasteiger partial charge >= 0.3 is 0 Å². The minimum atomic E-state index is 0.610. The lowest BCUT2D eigenvalue weighted by atomic mass is 10.2. The van der Waals surface area contributed by atoms with Gasteiger partial charge in [-0.05, 0) is 43.5 Å². The maximum atomic E-state index is 5.81. The number of hydrogen-bond donors (Lipinski definition) is 1. The summed E-state index contributed by atoms with van der Waals surface area (Å²) in [5, 5.41) is 3.49. The highest BCUT2D eigenvalue weighted by Crippen LogP contribution is 2.25. The number of rotatable bonds is 7. The summed E-state index contributed by atoms with van der Waals surface area (Å²) in [4.78, 5) is 4.26. The summed E-state index contributed by atoms with van der Waals surface area (Å²) in [6, 6.07) is 12.3. The highest BCUT2D eigenvalue weighted by atomic mass is 16.5. The first-order chi connectivity index (χ1) is 10.3. The van der Waals surface area contributed by atoms with E-state index in [1.165, 1.54) is 18.4 Å². The predicted octanol–water partition coefficient (Wildman–Crippen LogP) is 3.52. The molecular weight excluding hydrogens is 264 g/mol. The molecule has 1 saturated carbocycles. The largest absolute Gasteiger partial charge is 0.494 e. The van der Waals surface area contributed by atoms with E-state index in [0.29, 0.717) is 18.5 Å². The molecule has 0 aliphatic heterocycles. The van der Waals surface area contributed by atoms with Gasteiger partial charge in [0.25, 0.3) is 0 Å². The van der Waals surface area contributed by atoms with Gasteiger partial charge in [0.1, 0.15) is 11.5 Å². The third-order valence-electron chi connectivity index (χ3n) is 3.31. The third-order valence-corrected chi connectivity index (χ3v) is 3.31. The minimum absolute atomic E-state index is 0.610. The van der Waals surface area contributed by atoms with Crippen LogP contribution in [0, 0.1) is 0 Å². The number of ether oxygens (including phenoxy) is 2. The van der Waals surface area contributed by atoms with Crippen LogP contribution in [0.3, 0.4) is 0 Å². The van der Waals surface area contributed by atoms with Crippen LogP contribution in [0.5, 0.6) is 17.4 Å². The second-order valence-corrected chi connectivity index (χ2v) is 5.17. The number of pyridine rings is 1. The normalized spacial score (nSPS) is 14.0. The molecule has 0 radical (unpaired) electrons. The number of hydrogen-bond acceptors (Lipinski definition) is 4. The summed E-state index contributed by atoms with van der Waals surface area (Å²) < 4.78 is 11.3. The lowest BCUT2D eigenvalue weighted by Crippen LogP contribution is -2.15. The van der Waals surface area contributed by atoms with Crippen LogP contribution in [0.15, 0.2) is 42.6 Å². The van der Waals surface area contributed by atoms with Crippen molar-refractivity contribution in [2.45, 2.75) is 32.4 Å². The third kappa shape index (κ3) is 4.20. The van der Waals surface area contributed by atoms with Crippen LogP contribution >= 0.6 is 0 Å². The van der Waals surface area contributed by atoms with Crippen LogP contribution in [-0.2, 0) is 6.54 Å². The van der Waals surface area contributed by atoms with Gasteiger partial charge in [-0.15, -0.1) is 0 Å². The van der Waals surface area contributed by atoms with E-state index in [-0.39, 0.29) is 0 Å². The van der Waals surface area contributed by atoms with Crippen LogP contribution in [0.1, 0.15) is 25.3 Å². The molecule has 4 nitrogen and oxygen atoms in total. The Morgan fingerprint density at radius 1 is 1.19 bits per heavy atom. The number of nitrogens with one attached hydrogen (secondary N) is 1. The van der Waals surface area contributed by atoms with Crippen molar-refractivity contribution in [2.75, 3.05) is 6.61 Å². The Labute approximate surface area is 125 Å². The first kappa shape index (κ1) is 13.9. The second-order valence-electron chi connectivity index (χ2n) is 5.17. The molecule has 1 aromatic heterocycles. The Hall–Kier alpha value is -2.07. The fourth-order valence-corrected chi connectivity index (χ4v) is 2.08. The molecule has 0 bridgehead atoms. The Balaban J connectivity index is 1.65. The van der Waals surface area contributed by atoms with Crippen LogP contribution in [0.25, 0.3) is 0 Å². The van der Waals surface area contributed by atoms with Crippen molar-refractivity contribution >= 4 is 0 Å². The molecule has 1 heterocycles. The fourth-order valence-electron chi connectivity index (χ4n) is 2.08. The quantitative estimate of drug-likeness (QED) is 0.844. The topological polar surface area (TPSA) is 43.4 Å². The van der Waals surface area contributed by atoms with Crippen molar-refractivity contribution in [3.8, 4) is 17.4 Å². The van der Waals surface area contributed by atoms with E-state index in [1.807, 2.05) is 43.3 Å². The summed E-state index contributed by atoms with van der Waals surface area (Å²) in [5.74, 6) is 2.15. The summed E-state index contributed by atoms with van der Waals surface area (Å²) in [6.07, 6.45) is 4.36. The predicted molar refractivity (Wildman–Crippen MR) is 81.8 cm³/mol. The summed E-state index contributed by atoms with van der Waals surface area (Å²) in [6.45, 7) is 3.47. The van der Waals surface area contributed by atoms with Gasteiger partial charge in [-0.25, -0.2) is 4.98 Å². The van der Waals surface area contributed by atoms with E-state index in [4.69, 9.17) is 9.47 Å². The number of nitrogens with zero attached hydrogens (tertiary/aromatic N) is 1. The minimum Gasteiger partial charge on any atom is -0.494 e. The van der Waals surface area contributed by atoms with Crippen LogP contribution < -0.4 is 14.8 Å². The van der Waals surface area contributed by atoms with Crippen molar-refractivity contribution in [1.29, 1.82) is 0 Å². The van der Waals surface area contributed by atoms with Gasteiger partial charge in [-0.3, -0.25) is 0 Å². The lowest BCUT2D eigenvalue weighted by Gasteiger charge is -2.09. The van der Waals surface area contributed by atoms with E-state index in [1.54, 1.807) is 6.20 Å². The molecule has 1 aliphatic rings. The van der Waals surface area contributed by atoms with E-state index >= 15 is 0 Å². The molecule has 1 fully saturated rings. The molecule has 1 N–H and O–H groups in total. The zero-order valence-electron chi connectivity index (χ0n) is 12.2. The Bertz CT molecular complexity index is 597. The summed E-state index contributed by atoms with van der Waals surface area (Å²) in [7, 11) is 0. The smallest absolute Gasteiger partial charge is 0.219 e. The molecular formula is C17H20N2O2. The lowest BCUT2D eigenvalue weighted by molar-refractivity contribution is 0.338. The molecule has 2 aromatic rings. The maximum absolute atomic E-state index is 5.81. The average molecular weight is 284 g/mol. The molecule has 21 heavy (non-hydrogen) atoms. The molecule has 4 heteroatoms. The molecule has 0 unspecified atom stereocenters. The van der Waals surface area contributed by atoms with Crippen LogP contribution in [-0.4, -0.2) is 17.6 Å². The average Bonchev–Trinajstić information content (AvgIpc) is 3.31. The molecule has 0 saturated heterocycles. The van der Waals surface area contributed by atoms with E-state index in [2.05, 4.69) is 10.3 Å². The molecule has 3 rings (SSSR count). The molecule has 0 spiro atoms. The highest BCUT2D eigenvalue weighted by Gasteiger charge is 2.19. The van der Waals surface area contributed by atoms with Crippen molar-refractivity contribution in [1.82, 2.24) is 10.3 Å².